The topological polar surface area (TPSA) is 93.7 Å². The Kier molecular flexibility index (Phi) is 4.80. The second-order valence-electron chi connectivity index (χ2n) is 5.22. The summed E-state index contributed by atoms with van der Waals surface area (Å²) in [5.74, 6) is 1.19. The molecule has 1 heterocycles. The van der Waals surface area contributed by atoms with Crippen LogP contribution in [-0.2, 0) is 9.84 Å². The number of anilines is 1. The fourth-order valence-electron chi connectivity index (χ4n) is 2.37. The van der Waals surface area contributed by atoms with Crippen LogP contribution in [0.5, 0.6) is 11.5 Å². The van der Waals surface area contributed by atoms with Crippen LogP contribution in [0.15, 0.2) is 12.1 Å². The zero-order chi connectivity index (χ0) is 16.3. The molecule has 0 spiro atoms. The van der Waals surface area contributed by atoms with Gasteiger partial charge in [0, 0.05) is 17.8 Å². The Morgan fingerprint density at radius 1 is 1.23 bits per heavy atom. The van der Waals surface area contributed by atoms with Crippen molar-refractivity contribution in [1.29, 1.82) is 0 Å². The Morgan fingerprint density at radius 3 is 2.41 bits per heavy atom. The lowest BCUT2D eigenvalue weighted by Gasteiger charge is -2.15. The van der Waals surface area contributed by atoms with Crippen LogP contribution in [0.3, 0.4) is 0 Å². The van der Waals surface area contributed by atoms with Crippen molar-refractivity contribution in [1.82, 2.24) is 5.32 Å². The van der Waals surface area contributed by atoms with E-state index < -0.39 is 15.9 Å². The summed E-state index contributed by atoms with van der Waals surface area (Å²) >= 11 is 0. The molecule has 1 atom stereocenters. The third kappa shape index (κ3) is 3.82. The molecular weight excluding hydrogens is 308 g/mol. The summed E-state index contributed by atoms with van der Waals surface area (Å²) in [5, 5.41) is 5.39. The van der Waals surface area contributed by atoms with Gasteiger partial charge in [-0.3, -0.25) is 0 Å². The van der Waals surface area contributed by atoms with Gasteiger partial charge < -0.3 is 20.1 Å². The van der Waals surface area contributed by atoms with Crippen LogP contribution in [0.4, 0.5) is 10.5 Å². The third-order valence-electron chi connectivity index (χ3n) is 3.55. The molecule has 1 aliphatic rings. The first-order valence-corrected chi connectivity index (χ1v) is 8.67. The number of carbonyl (C=O) groups excluding carboxylic acids is 1. The van der Waals surface area contributed by atoms with Crippen molar-refractivity contribution in [3.05, 3.63) is 17.7 Å². The fraction of sp³-hybridized carbons (Fsp3) is 0.500. The lowest BCUT2D eigenvalue weighted by atomic mass is 10.1. The molecule has 1 aromatic carbocycles. The van der Waals surface area contributed by atoms with Crippen LogP contribution >= 0.6 is 0 Å². The molecule has 0 saturated carbocycles. The van der Waals surface area contributed by atoms with Gasteiger partial charge in [0.15, 0.2) is 21.3 Å². The monoisotopic (exact) mass is 328 g/mol. The van der Waals surface area contributed by atoms with Crippen LogP contribution in [0, 0.1) is 6.92 Å². The van der Waals surface area contributed by atoms with E-state index in [0.29, 0.717) is 23.6 Å². The van der Waals surface area contributed by atoms with Crippen molar-refractivity contribution in [2.45, 2.75) is 19.4 Å². The number of hydrogen-bond acceptors (Lipinski definition) is 5. The number of rotatable bonds is 4. The molecule has 0 aliphatic carbocycles. The molecule has 122 valence electrons. The first-order chi connectivity index (χ1) is 10.3. The summed E-state index contributed by atoms with van der Waals surface area (Å²) in [5.41, 5.74) is 1.39. The molecule has 2 amide bonds. The van der Waals surface area contributed by atoms with Crippen molar-refractivity contribution < 1.29 is 22.7 Å². The van der Waals surface area contributed by atoms with Gasteiger partial charge in [0.05, 0.1) is 25.7 Å². The van der Waals surface area contributed by atoms with E-state index in [1.54, 1.807) is 12.1 Å². The van der Waals surface area contributed by atoms with Gasteiger partial charge in [0.25, 0.3) is 0 Å². The number of amides is 2. The predicted octanol–water partition coefficient (Wildman–Crippen LogP) is 1.32. The smallest absolute Gasteiger partial charge is 0.319 e. The van der Waals surface area contributed by atoms with E-state index in [0.717, 1.165) is 5.56 Å². The highest BCUT2D eigenvalue weighted by Gasteiger charge is 2.29. The number of urea groups is 1. The largest absolute Gasteiger partial charge is 0.493 e. The summed E-state index contributed by atoms with van der Waals surface area (Å²) in [6, 6.07) is 2.65. The van der Waals surface area contributed by atoms with Gasteiger partial charge in [-0.1, -0.05) is 0 Å². The standard InChI is InChI=1S/C14H20N2O5S/c1-9-6-12(20-2)13(21-3)7-11(9)16-14(17)15-10-4-5-22(18,19)8-10/h6-7,10H,4-5,8H2,1-3H3,(H2,15,16,17)/t10-/m0/s1. The molecule has 0 aromatic heterocycles. The van der Waals surface area contributed by atoms with Gasteiger partial charge in [-0.25, -0.2) is 13.2 Å². The van der Waals surface area contributed by atoms with Crippen LogP contribution in [0.25, 0.3) is 0 Å². The summed E-state index contributed by atoms with van der Waals surface area (Å²) in [7, 11) is 0.0328. The van der Waals surface area contributed by atoms with Gasteiger partial charge in [-0.05, 0) is 25.0 Å². The minimum atomic E-state index is -3.02. The maximum Gasteiger partial charge on any atom is 0.319 e. The third-order valence-corrected chi connectivity index (χ3v) is 5.31. The SMILES string of the molecule is COc1cc(C)c(NC(=O)N[C@H]2CCS(=O)(=O)C2)cc1OC. The average Bonchev–Trinajstić information content (AvgIpc) is 2.79. The molecule has 8 heteroatoms. The number of hydrogen-bond donors (Lipinski definition) is 2. The Labute approximate surface area is 129 Å². The number of methoxy groups -OCH3 is 2. The minimum absolute atomic E-state index is 0.00860. The highest BCUT2D eigenvalue weighted by molar-refractivity contribution is 7.91. The Bertz CT molecular complexity index is 672. The molecule has 1 aliphatic heterocycles. The molecule has 0 radical (unpaired) electrons. The Morgan fingerprint density at radius 2 is 1.86 bits per heavy atom. The van der Waals surface area contributed by atoms with Crippen molar-refractivity contribution in [3.63, 3.8) is 0 Å². The van der Waals surface area contributed by atoms with E-state index >= 15 is 0 Å². The Balaban J connectivity index is 2.05. The van der Waals surface area contributed by atoms with E-state index in [1.807, 2.05) is 6.92 Å². The van der Waals surface area contributed by atoms with E-state index in [-0.39, 0.29) is 17.5 Å². The average molecular weight is 328 g/mol. The minimum Gasteiger partial charge on any atom is -0.493 e. The number of carbonyl (C=O) groups is 1. The zero-order valence-corrected chi connectivity index (χ0v) is 13.6. The lowest BCUT2D eigenvalue weighted by Crippen LogP contribution is -2.38. The summed E-state index contributed by atoms with van der Waals surface area (Å²) in [6.07, 6.45) is 0.445. The van der Waals surface area contributed by atoms with Crippen LogP contribution in [0.1, 0.15) is 12.0 Å². The Hall–Kier alpha value is -1.96. The number of benzene rings is 1. The van der Waals surface area contributed by atoms with E-state index in [9.17, 15) is 13.2 Å². The van der Waals surface area contributed by atoms with Crippen molar-refractivity contribution in [2.75, 3.05) is 31.0 Å². The van der Waals surface area contributed by atoms with Gasteiger partial charge in [-0.15, -0.1) is 0 Å². The summed E-state index contributed by atoms with van der Waals surface area (Å²) in [6.45, 7) is 1.83. The number of nitrogens with one attached hydrogen (secondary N) is 2. The molecule has 1 fully saturated rings. The molecule has 1 aromatic rings. The normalized spacial score (nSPS) is 19.5. The molecule has 7 nitrogen and oxygen atoms in total. The fourth-order valence-corrected chi connectivity index (χ4v) is 4.04. The highest BCUT2D eigenvalue weighted by atomic mass is 32.2. The zero-order valence-electron chi connectivity index (χ0n) is 12.8. The van der Waals surface area contributed by atoms with Gasteiger partial charge in [0.2, 0.25) is 0 Å². The van der Waals surface area contributed by atoms with Gasteiger partial charge in [-0.2, -0.15) is 0 Å². The van der Waals surface area contributed by atoms with E-state index in [2.05, 4.69) is 10.6 Å². The van der Waals surface area contributed by atoms with E-state index in [4.69, 9.17) is 9.47 Å². The van der Waals surface area contributed by atoms with Gasteiger partial charge >= 0.3 is 6.03 Å². The second kappa shape index (κ2) is 6.43. The van der Waals surface area contributed by atoms with Crippen LogP contribution in [0.2, 0.25) is 0 Å². The molecule has 2 rings (SSSR count). The molecular formula is C14H20N2O5S. The van der Waals surface area contributed by atoms with E-state index in [1.165, 1.54) is 14.2 Å². The first kappa shape index (κ1) is 16.4. The lowest BCUT2D eigenvalue weighted by molar-refractivity contribution is 0.249. The maximum atomic E-state index is 12.0. The summed E-state index contributed by atoms with van der Waals surface area (Å²) in [4.78, 5) is 12.0. The second-order valence-corrected chi connectivity index (χ2v) is 7.45. The highest BCUT2D eigenvalue weighted by Crippen LogP contribution is 2.32. The number of ether oxygens (including phenoxy) is 2. The molecule has 2 N–H and O–H groups in total. The molecule has 22 heavy (non-hydrogen) atoms. The van der Waals surface area contributed by atoms with Crippen molar-refractivity contribution in [3.8, 4) is 11.5 Å². The van der Waals surface area contributed by atoms with Crippen LogP contribution < -0.4 is 20.1 Å². The number of sulfone groups is 1. The molecule has 0 unspecified atom stereocenters. The molecule has 0 bridgehead atoms. The van der Waals surface area contributed by atoms with Crippen molar-refractivity contribution in [2.24, 2.45) is 0 Å². The first-order valence-electron chi connectivity index (χ1n) is 6.85. The predicted molar refractivity (Wildman–Crippen MR) is 83.5 cm³/mol. The molecule has 1 saturated heterocycles. The maximum absolute atomic E-state index is 12.0. The summed E-state index contributed by atoms with van der Waals surface area (Å²) < 4.78 is 33.2. The van der Waals surface area contributed by atoms with Gasteiger partial charge in [0.1, 0.15) is 0 Å². The quantitative estimate of drug-likeness (QED) is 0.869. The van der Waals surface area contributed by atoms with Crippen molar-refractivity contribution >= 4 is 21.6 Å². The van der Waals surface area contributed by atoms with Crippen LogP contribution in [-0.4, -0.2) is 46.2 Å². The number of aryl methyl sites for hydroxylation is 1.